The van der Waals surface area contributed by atoms with Crippen LogP contribution in [0.3, 0.4) is 0 Å². The van der Waals surface area contributed by atoms with E-state index in [2.05, 4.69) is 28.5 Å². The van der Waals surface area contributed by atoms with E-state index in [4.69, 9.17) is 5.26 Å². The van der Waals surface area contributed by atoms with Crippen molar-refractivity contribution in [1.29, 1.82) is 5.26 Å². The van der Waals surface area contributed by atoms with Gasteiger partial charge < -0.3 is 5.32 Å². The Hall–Kier alpha value is -2.25. The molecule has 4 heteroatoms. The van der Waals surface area contributed by atoms with Gasteiger partial charge >= 0.3 is 0 Å². The predicted molar refractivity (Wildman–Crippen MR) is 68.4 cm³/mol. The van der Waals surface area contributed by atoms with Gasteiger partial charge in [-0.15, -0.1) is 0 Å². The first-order valence-electron chi connectivity index (χ1n) is 5.79. The van der Waals surface area contributed by atoms with Crippen LogP contribution in [0.4, 0.5) is 0 Å². The third-order valence-electron chi connectivity index (χ3n) is 2.76. The maximum absolute atomic E-state index is 8.74. The maximum Gasteiger partial charge on any atom is 0.0991 e. The Balaban J connectivity index is 1.95. The van der Waals surface area contributed by atoms with Gasteiger partial charge in [0.25, 0.3) is 0 Å². The molecule has 1 atom stereocenters. The van der Waals surface area contributed by atoms with Crippen molar-refractivity contribution >= 4 is 0 Å². The van der Waals surface area contributed by atoms with Crippen molar-refractivity contribution in [2.75, 3.05) is 0 Å². The molecular weight excluding hydrogens is 224 g/mol. The number of aromatic nitrogens is 2. The van der Waals surface area contributed by atoms with E-state index < -0.39 is 0 Å². The van der Waals surface area contributed by atoms with Crippen LogP contribution in [0.5, 0.6) is 0 Å². The minimum Gasteiger partial charge on any atom is -0.304 e. The summed E-state index contributed by atoms with van der Waals surface area (Å²) in [5.41, 5.74) is 2.75. The van der Waals surface area contributed by atoms with E-state index in [-0.39, 0.29) is 6.04 Å². The van der Waals surface area contributed by atoms with Gasteiger partial charge in [0.05, 0.1) is 17.3 Å². The summed E-state index contributed by atoms with van der Waals surface area (Å²) >= 11 is 0. The molecule has 0 aliphatic rings. The van der Waals surface area contributed by atoms with E-state index >= 15 is 0 Å². The summed E-state index contributed by atoms with van der Waals surface area (Å²) in [6, 6.07) is 13.7. The fourth-order valence-electron chi connectivity index (χ4n) is 1.65. The minimum absolute atomic E-state index is 0.208. The van der Waals surface area contributed by atoms with Gasteiger partial charge in [0.2, 0.25) is 0 Å². The van der Waals surface area contributed by atoms with Crippen LogP contribution in [0.15, 0.2) is 42.6 Å². The van der Waals surface area contributed by atoms with Crippen molar-refractivity contribution in [2.24, 2.45) is 0 Å². The Morgan fingerprint density at radius 3 is 2.67 bits per heavy atom. The topological polar surface area (TPSA) is 61.6 Å². The van der Waals surface area contributed by atoms with Crippen LogP contribution in [-0.4, -0.2) is 10.2 Å². The number of hydrogen-bond acceptors (Lipinski definition) is 4. The molecule has 2 aromatic rings. The average Bonchev–Trinajstić information content (AvgIpc) is 2.46. The molecule has 18 heavy (non-hydrogen) atoms. The molecule has 0 aliphatic carbocycles. The molecule has 1 N–H and O–H groups in total. The molecule has 4 nitrogen and oxygen atoms in total. The molecule has 1 aromatic heterocycles. The lowest BCUT2D eigenvalue weighted by Crippen LogP contribution is -2.18. The summed E-state index contributed by atoms with van der Waals surface area (Å²) in [7, 11) is 0. The first-order chi connectivity index (χ1) is 8.79. The maximum atomic E-state index is 8.74. The lowest BCUT2D eigenvalue weighted by atomic mass is 10.1. The quantitative estimate of drug-likeness (QED) is 0.887. The second-order valence-corrected chi connectivity index (χ2v) is 4.05. The zero-order chi connectivity index (χ0) is 12.8. The molecule has 0 saturated heterocycles. The number of benzene rings is 1. The molecule has 0 radical (unpaired) electrons. The zero-order valence-corrected chi connectivity index (χ0v) is 10.2. The van der Waals surface area contributed by atoms with Gasteiger partial charge in [-0.3, -0.25) is 0 Å². The summed E-state index contributed by atoms with van der Waals surface area (Å²) < 4.78 is 0. The second kappa shape index (κ2) is 5.89. The average molecular weight is 238 g/mol. The molecule has 0 fully saturated rings. The SMILES string of the molecule is CC(NCc1cccnn1)c1ccc(C#N)cc1. The van der Waals surface area contributed by atoms with E-state index in [1.165, 1.54) is 0 Å². The Morgan fingerprint density at radius 2 is 2.06 bits per heavy atom. The van der Waals surface area contributed by atoms with Crippen LogP contribution in [0.1, 0.15) is 29.8 Å². The van der Waals surface area contributed by atoms with Gasteiger partial charge in [-0.1, -0.05) is 12.1 Å². The Bertz CT molecular complexity index is 528. The van der Waals surface area contributed by atoms with E-state index in [0.29, 0.717) is 12.1 Å². The third-order valence-corrected chi connectivity index (χ3v) is 2.76. The van der Waals surface area contributed by atoms with Crippen LogP contribution < -0.4 is 5.32 Å². The number of nitrogens with one attached hydrogen (secondary N) is 1. The fourth-order valence-corrected chi connectivity index (χ4v) is 1.65. The molecule has 1 unspecified atom stereocenters. The molecule has 0 aliphatic heterocycles. The van der Waals surface area contributed by atoms with Crippen molar-refractivity contribution < 1.29 is 0 Å². The van der Waals surface area contributed by atoms with Crippen molar-refractivity contribution in [3.05, 3.63) is 59.4 Å². The Kier molecular flexibility index (Phi) is 4.00. The van der Waals surface area contributed by atoms with Crippen LogP contribution in [-0.2, 0) is 6.54 Å². The van der Waals surface area contributed by atoms with Crippen LogP contribution >= 0.6 is 0 Å². The highest BCUT2D eigenvalue weighted by Gasteiger charge is 2.05. The van der Waals surface area contributed by atoms with Gasteiger partial charge in [0.15, 0.2) is 0 Å². The number of rotatable bonds is 4. The fraction of sp³-hybridized carbons (Fsp3) is 0.214. The molecular formula is C14H14N4. The molecule has 0 saturated carbocycles. The Labute approximate surface area is 106 Å². The van der Waals surface area contributed by atoms with Crippen LogP contribution in [0.2, 0.25) is 0 Å². The normalized spacial score (nSPS) is 11.8. The smallest absolute Gasteiger partial charge is 0.0991 e. The molecule has 0 spiro atoms. The van der Waals surface area contributed by atoms with Crippen LogP contribution in [0, 0.1) is 11.3 Å². The highest BCUT2D eigenvalue weighted by Crippen LogP contribution is 2.13. The van der Waals surface area contributed by atoms with E-state index in [9.17, 15) is 0 Å². The van der Waals surface area contributed by atoms with Gasteiger partial charge in [-0.05, 0) is 36.8 Å². The van der Waals surface area contributed by atoms with Gasteiger partial charge in [0, 0.05) is 18.8 Å². The monoisotopic (exact) mass is 238 g/mol. The van der Waals surface area contributed by atoms with Crippen molar-refractivity contribution in [3.63, 3.8) is 0 Å². The summed E-state index contributed by atoms with van der Waals surface area (Å²) in [5, 5.41) is 20.0. The van der Waals surface area contributed by atoms with Crippen molar-refractivity contribution in [3.8, 4) is 6.07 Å². The summed E-state index contributed by atoms with van der Waals surface area (Å²) in [5.74, 6) is 0. The number of hydrogen-bond donors (Lipinski definition) is 1. The second-order valence-electron chi connectivity index (χ2n) is 4.05. The minimum atomic E-state index is 0.208. The van der Waals surface area contributed by atoms with Gasteiger partial charge in [-0.25, -0.2) is 0 Å². The first kappa shape index (κ1) is 12.2. The summed E-state index contributed by atoms with van der Waals surface area (Å²) in [4.78, 5) is 0. The Morgan fingerprint density at radius 1 is 1.28 bits per heavy atom. The highest BCUT2D eigenvalue weighted by atomic mass is 15.1. The lowest BCUT2D eigenvalue weighted by Gasteiger charge is -2.13. The van der Waals surface area contributed by atoms with Crippen LogP contribution in [0.25, 0.3) is 0 Å². The molecule has 90 valence electrons. The van der Waals surface area contributed by atoms with Gasteiger partial charge in [-0.2, -0.15) is 15.5 Å². The molecule has 1 aromatic carbocycles. The standard InChI is InChI=1S/C14H14N4/c1-11(13-6-4-12(9-15)5-7-13)16-10-14-3-2-8-17-18-14/h2-8,11,16H,10H2,1H3. The first-order valence-corrected chi connectivity index (χ1v) is 5.79. The van der Waals surface area contributed by atoms with Crippen molar-refractivity contribution in [2.45, 2.75) is 19.5 Å². The third kappa shape index (κ3) is 3.12. The van der Waals surface area contributed by atoms with E-state index in [1.807, 2.05) is 36.4 Å². The highest BCUT2D eigenvalue weighted by molar-refractivity contribution is 5.32. The molecule has 2 rings (SSSR count). The number of nitriles is 1. The van der Waals surface area contributed by atoms with E-state index in [0.717, 1.165) is 11.3 Å². The van der Waals surface area contributed by atoms with E-state index in [1.54, 1.807) is 6.20 Å². The molecule has 0 bridgehead atoms. The summed E-state index contributed by atoms with van der Waals surface area (Å²) in [6.07, 6.45) is 1.66. The summed E-state index contributed by atoms with van der Waals surface area (Å²) in [6.45, 7) is 2.76. The predicted octanol–water partition coefficient (Wildman–Crippen LogP) is 2.20. The zero-order valence-electron chi connectivity index (χ0n) is 10.2. The van der Waals surface area contributed by atoms with Gasteiger partial charge in [0.1, 0.15) is 0 Å². The number of nitrogens with zero attached hydrogens (tertiary/aromatic N) is 3. The van der Waals surface area contributed by atoms with Crippen molar-refractivity contribution in [1.82, 2.24) is 15.5 Å². The molecule has 0 amide bonds. The molecule has 1 heterocycles. The lowest BCUT2D eigenvalue weighted by molar-refractivity contribution is 0.564. The largest absolute Gasteiger partial charge is 0.304 e.